The fraction of sp³-hybridized carbons (Fsp3) is 0.600. The van der Waals surface area contributed by atoms with Crippen molar-refractivity contribution in [3.63, 3.8) is 0 Å². The van der Waals surface area contributed by atoms with E-state index >= 15 is 0 Å². The number of ether oxygens (including phenoxy) is 2. The van der Waals surface area contributed by atoms with Crippen LogP contribution in [0.1, 0.15) is 49.2 Å². The predicted molar refractivity (Wildman–Crippen MR) is 123 cm³/mol. The quantitative estimate of drug-likeness (QED) is 0.576. The molecule has 31 heavy (non-hydrogen) atoms. The summed E-state index contributed by atoms with van der Waals surface area (Å²) in [6.45, 7) is 4.35. The van der Waals surface area contributed by atoms with Gasteiger partial charge in [-0.1, -0.05) is 25.3 Å². The summed E-state index contributed by atoms with van der Waals surface area (Å²) in [6, 6.07) is 10.6. The Labute approximate surface area is 186 Å². The van der Waals surface area contributed by atoms with Crippen molar-refractivity contribution in [1.29, 1.82) is 0 Å². The molecule has 172 valence electrons. The molecule has 0 amide bonds. The second-order valence-electron chi connectivity index (χ2n) is 8.87. The normalized spacial score (nSPS) is 16.1. The van der Waals surface area contributed by atoms with Crippen molar-refractivity contribution < 1.29 is 19.0 Å². The van der Waals surface area contributed by atoms with Crippen LogP contribution in [0.4, 0.5) is 0 Å². The van der Waals surface area contributed by atoms with Crippen LogP contribution in [0.25, 0.3) is 0 Å². The van der Waals surface area contributed by atoms with Gasteiger partial charge in [0.1, 0.15) is 24.2 Å². The van der Waals surface area contributed by atoms with Gasteiger partial charge in [0.05, 0.1) is 13.7 Å². The van der Waals surface area contributed by atoms with Gasteiger partial charge in [-0.05, 0) is 63.7 Å². The van der Waals surface area contributed by atoms with Gasteiger partial charge in [0.15, 0.2) is 11.5 Å². The van der Waals surface area contributed by atoms with Crippen LogP contribution in [0, 0.1) is 6.92 Å². The Balaban J connectivity index is 1.49. The Bertz CT molecular complexity index is 801. The Hall–Kier alpha value is -2.02. The van der Waals surface area contributed by atoms with Crippen LogP contribution in [0.15, 0.2) is 34.7 Å². The van der Waals surface area contributed by atoms with Crippen molar-refractivity contribution in [1.82, 2.24) is 9.80 Å². The molecule has 0 saturated heterocycles. The lowest BCUT2D eigenvalue weighted by Crippen LogP contribution is -2.40. The zero-order valence-corrected chi connectivity index (χ0v) is 19.5. The number of hydrogen-bond donors (Lipinski definition) is 1. The standard InChI is InChI=1S/C25H38N2O4/c1-19-10-12-23(31-19)17-26(2)15-20-11-13-24(25(14-20)29-4)30-18-22(28)16-27(3)21-8-6-5-7-9-21/h10-14,21-22,28H,5-9,15-18H2,1-4H3. The smallest absolute Gasteiger partial charge is 0.161 e. The highest BCUT2D eigenvalue weighted by Gasteiger charge is 2.20. The van der Waals surface area contributed by atoms with Gasteiger partial charge in [0.2, 0.25) is 0 Å². The molecule has 1 aromatic carbocycles. The van der Waals surface area contributed by atoms with Crippen molar-refractivity contribution in [2.45, 2.75) is 64.3 Å². The van der Waals surface area contributed by atoms with E-state index in [9.17, 15) is 5.11 Å². The van der Waals surface area contributed by atoms with Crippen LogP contribution < -0.4 is 9.47 Å². The molecule has 0 radical (unpaired) electrons. The summed E-state index contributed by atoms with van der Waals surface area (Å²) in [5.41, 5.74) is 1.13. The molecule has 0 bridgehead atoms. The summed E-state index contributed by atoms with van der Waals surface area (Å²) in [4.78, 5) is 4.47. The highest BCUT2D eigenvalue weighted by Crippen LogP contribution is 2.29. The summed E-state index contributed by atoms with van der Waals surface area (Å²) >= 11 is 0. The number of benzene rings is 1. The minimum absolute atomic E-state index is 0.254. The summed E-state index contributed by atoms with van der Waals surface area (Å²) < 4.78 is 17.1. The van der Waals surface area contributed by atoms with Gasteiger partial charge < -0.3 is 23.9 Å². The highest BCUT2D eigenvalue weighted by atomic mass is 16.5. The molecule has 1 fully saturated rings. The lowest BCUT2D eigenvalue weighted by Gasteiger charge is -2.32. The predicted octanol–water partition coefficient (Wildman–Crippen LogP) is 4.23. The Morgan fingerprint density at radius 1 is 1.06 bits per heavy atom. The van der Waals surface area contributed by atoms with Gasteiger partial charge in [-0.25, -0.2) is 0 Å². The molecule has 6 nitrogen and oxygen atoms in total. The second kappa shape index (κ2) is 11.6. The minimum atomic E-state index is -0.529. The Kier molecular flexibility index (Phi) is 8.81. The first-order valence-electron chi connectivity index (χ1n) is 11.4. The number of aryl methyl sites for hydroxylation is 1. The average molecular weight is 431 g/mol. The van der Waals surface area contributed by atoms with Gasteiger partial charge in [-0.2, -0.15) is 0 Å². The summed E-state index contributed by atoms with van der Waals surface area (Å²) in [7, 11) is 5.82. The molecule has 0 spiro atoms. The molecule has 1 aliphatic rings. The molecule has 1 saturated carbocycles. The van der Waals surface area contributed by atoms with Crippen molar-refractivity contribution in [3.05, 3.63) is 47.4 Å². The van der Waals surface area contributed by atoms with Crippen molar-refractivity contribution in [3.8, 4) is 11.5 Å². The van der Waals surface area contributed by atoms with E-state index in [0.29, 0.717) is 24.1 Å². The number of aliphatic hydroxyl groups excluding tert-OH is 1. The van der Waals surface area contributed by atoms with E-state index < -0.39 is 6.10 Å². The number of nitrogens with zero attached hydrogens (tertiary/aromatic N) is 2. The van der Waals surface area contributed by atoms with E-state index in [0.717, 1.165) is 30.2 Å². The van der Waals surface area contributed by atoms with E-state index in [1.165, 1.54) is 32.1 Å². The first kappa shape index (κ1) is 23.6. The monoisotopic (exact) mass is 430 g/mol. The maximum Gasteiger partial charge on any atom is 0.161 e. The number of methoxy groups -OCH3 is 1. The molecular weight excluding hydrogens is 392 g/mol. The van der Waals surface area contributed by atoms with E-state index in [2.05, 4.69) is 23.9 Å². The molecule has 1 N–H and O–H groups in total. The first-order chi connectivity index (χ1) is 14.9. The third kappa shape index (κ3) is 7.27. The first-order valence-corrected chi connectivity index (χ1v) is 11.4. The Morgan fingerprint density at radius 2 is 1.84 bits per heavy atom. The van der Waals surface area contributed by atoms with E-state index in [1.54, 1.807) is 7.11 Å². The third-order valence-corrected chi connectivity index (χ3v) is 6.03. The van der Waals surface area contributed by atoms with Gasteiger partial charge in [-0.15, -0.1) is 0 Å². The van der Waals surface area contributed by atoms with Crippen LogP contribution in [0.5, 0.6) is 11.5 Å². The van der Waals surface area contributed by atoms with Crippen LogP contribution in [-0.4, -0.2) is 61.4 Å². The average Bonchev–Trinajstić information content (AvgIpc) is 3.17. The van der Waals surface area contributed by atoms with Gasteiger partial charge in [0.25, 0.3) is 0 Å². The van der Waals surface area contributed by atoms with Crippen molar-refractivity contribution in [2.24, 2.45) is 0 Å². The molecule has 1 aromatic heterocycles. The lowest BCUT2D eigenvalue weighted by molar-refractivity contribution is 0.0553. The number of furan rings is 1. The van der Waals surface area contributed by atoms with Crippen molar-refractivity contribution >= 4 is 0 Å². The van der Waals surface area contributed by atoms with Gasteiger partial charge >= 0.3 is 0 Å². The summed E-state index contributed by atoms with van der Waals surface area (Å²) in [6.07, 6.45) is 5.85. The van der Waals surface area contributed by atoms with Crippen LogP contribution in [0.2, 0.25) is 0 Å². The van der Waals surface area contributed by atoms with Crippen LogP contribution >= 0.6 is 0 Å². The largest absolute Gasteiger partial charge is 0.493 e. The van der Waals surface area contributed by atoms with Crippen LogP contribution in [-0.2, 0) is 13.1 Å². The molecule has 3 rings (SSSR count). The lowest BCUT2D eigenvalue weighted by atomic mass is 9.94. The van der Waals surface area contributed by atoms with E-state index in [1.807, 2.05) is 37.3 Å². The van der Waals surface area contributed by atoms with Crippen LogP contribution in [0.3, 0.4) is 0 Å². The maximum atomic E-state index is 10.5. The molecule has 1 heterocycles. The molecule has 1 unspecified atom stereocenters. The topological polar surface area (TPSA) is 58.3 Å². The highest BCUT2D eigenvalue weighted by molar-refractivity contribution is 5.43. The van der Waals surface area contributed by atoms with Gasteiger partial charge in [-0.3, -0.25) is 4.90 Å². The Morgan fingerprint density at radius 3 is 2.52 bits per heavy atom. The fourth-order valence-corrected chi connectivity index (χ4v) is 4.38. The van der Waals surface area contributed by atoms with E-state index in [-0.39, 0.29) is 6.61 Å². The van der Waals surface area contributed by atoms with Gasteiger partial charge in [0, 0.05) is 19.1 Å². The second-order valence-corrected chi connectivity index (χ2v) is 8.87. The minimum Gasteiger partial charge on any atom is -0.493 e. The molecular formula is C25H38N2O4. The molecule has 1 aliphatic carbocycles. The van der Waals surface area contributed by atoms with E-state index in [4.69, 9.17) is 13.9 Å². The zero-order chi connectivity index (χ0) is 22.2. The molecule has 2 aromatic rings. The summed E-state index contributed by atoms with van der Waals surface area (Å²) in [5, 5.41) is 10.5. The number of likely N-dealkylation sites (N-methyl/N-ethyl adjacent to an activating group) is 1. The fourth-order valence-electron chi connectivity index (χ4n) is 4.38. The molecule has 0 aliphatic heterocycles. The SMILES string of the molecule is COc1cc(CN(C)Cc2ccc(C)o2)ccc1OCC(O)CN(C)C1CCCCC1. The molecule has 6 heteroatoms. The molecule has 1 atom stereocenters. The third-order valence-electron chi connectivity index (χ3n) is 6.03. The number of aliphatic hydroxyl groups is 1. The maximum absolute atomic E-state index is 10.5. The van der Waals surface area contributed by atoms with Crippen molar-refractivity contribution in [2.75, 3.05) is 34.4 Å². The summed E-state index contributed by atoms with van der Waals surface area (Å²) in [5.74, 6) is 3.24. The number of rotatable bonds is 11. The number of hydrogen-bond acceptors (Lipinski definition) is 6. The zero-order valence-electron chi connectivity index (χ0n) is 19.5.